The molecule has 0 bridgehead atoms. The molecule has 1 amide bonds. The fourth-order valence-electron chi connectivity index (χ4n) is 1.84. The molecular weight excluding hydrogens is 294 g/mol. The number of anilines is 1. The van der Waals surface area contributed by atoms with E-state index in [1.54, 1.807) is 35.5 Å². The van der Waals surface area contributed by atoms with Gasteiger partial charge < -0.3 is 10.2 Å². The third-order valence-corrected chi connectivity index (χ3v) is 4.07. The van der Waals surface area contributed by atoms with Crippen LogP contribution in [-0.2, 0) is 6.54 Å². The SMILES string of the molecule is CCN(Cc1cccs1)C(=O)c1cnc(NC)c(Cl)c1. The fraction of sp³-hybridized carbons (Fsp3) is 0.286. The Hall–Kier alpha value is -1.59. The standard InChI is InChI=1S/C14H16ClN3OS/c1-3-18(9-11-5-4-6-20-11)14(19)10-7-12(15)13(16-2)17-8-10/h4-8H,3,9H2,1-2H3,(H,16,17). The zero-order valence-electron chi connectivity index (χ0n) is 11.4. The van der Waals surface area contributed by atoms with Crippen molar-refractivity contribution in [2.45, 2.75) is 13.5 Å². The average Bonchev–Trinajstić information content (AvgIpc) is 2.97. The number of carbonyl (C=O) groups is 1. The number of hydrogen-bond donors (Lipinski definition) is 1. The van der Waals surface area contributed by atoms with Gasteiger partial charge in [-0.25, -0.2) is 4.98 Å². The average molecular weight is 310 g/mol. The number of halogens is 1. The molecule has 20 heavy (non-hydrogen) atoms. The van der Waals surface area contributed by atoms with Gasteiger partial charge in [-0.05, 0) is 24.4 Å². The highest BCUT2D eigenvalue weighted by atomic mass is 35.5. The molecule has 4 nitrogen and oxygen atoms in total. The maximum Gasteiger partial charge on any atom is 0.255 e. The minimum absolute atomic E-state index is 0.0575. The molecule has 2 aromatic heterocycles. The van der Waals surface area contributed by atoms with Crippen LogP contribution in [0.4, 0.5) is 5.82 Å². The Morgan fingerprint density at radius 1 is 1.55 bits per heavy atom. The summed E-state index contributed by atoms with van der Waals surface area (Å²) in [6, 6.07) is 5.66. The molecule has 0 radical (unpaired) electrons. The lowest BCUT2D eigenvalue weighted by Crippen LogP contribution is -2.30. The van der Waals surface area contributed by atoms with E-state index in [0.29, 0.717) is 29.5 Å². The first kappa shape index (κ1) is 14.8. The van der Waals surface area contributed by atoms with Crippen molar-refractivity contribution in [1.82, 2.24) is 9.88 Å². The number of nitrogens with one attached hydrogen (secondary N) is 1. The summed E-state index contributed by atoms with van der Waals surface area (Å²) in [4.78, 5) is 19.5. The molecule has 6 heteroatoms. The van der Waals surface area contributed by atoms with E-state index >= 15 is 0 Å². The van der Waals surface area contributed by atoms with Crippen molar-refractivity contribution in [3.8, 4) is 0 Å². The minimum Gasteiger partial charge on any atom is -0.372 e. The van der Waals surface area contributed by atoms with E-state index in [0.717, 1.165) is 4.88 Å². The van der Waals surface area contributed by atoms with E-state index < -0.39 is 0 Å². The molecule has 0 saturated heterocycles. The Morgan fingerprint density at radius 2 is 2.35 bits per heavy atom. The Labute approximate surface area is 127 Å². The van der Waals surface area contributed by atoms with E-state index in [-0.39, 0.29) is 5.91 Å². The predicted molar refractivity (Wildman–Crippen MR) is 83.5 cm³/mol. The molecule has 2 heterocycles. The summed E-state index contributed by atoms with van der Waals surface area (Å²) < 4.78 is 0. The number of amides is 1. The topological polar surface area (TPSA) is 45.2 Å². The lowest BCUT2D eigenvalue weighted by Gasteiger charge is -2.20. The van der Waals surface area contributed by atoms with Crippen LogP contribution in [0.3, 0.4) is 0 Å². The number of aromatic nitrogens is 1. The van der Waals surface area contributed by atoms with Crippen molar-refractivity contribution in [3.05, 3.63) is 45.2 Å². The summed E-state index contributed by atoms with van der Waals surface area (Å²) in [6.07, 6.45) is 1.55. The molecule has 0 spiro atoms. The first-order chi connectivity index (χ1) is 9.65. The molecule has 0 aliphatic rings. The molecule has 106 valence electrons. The van der Waals surface area contributed by atoms with Crippen LogP contribution in [0, 0.1) is 0 Å². The van der Waals surface area contributed by atoms with Crippen LogP contribution in [0.1, 0.15) is 22.2 Å². The van der Waals surface area contributed by atoms with Gasteiger partial charge in [0.25, 0.3) is 5.91 Å². The second-order valence-electron chi connectivity index (χ2n) is 4.20. The van der Waals surface area contributed by atoms with Crippen molar-refractivity contribution in [2.75, 3.05) is 18.9 Å². The highest BCUT2D eigenvalue weighted by molar-refractivity contribution is 7.09. The van der Waals surface area contributed by atoms with E-state index in [1.165, 1.54) is 0 Å². The zero-order chi connectivity index (χ0) is 14.5. The van der Waals surface area contributed by atoms with Crippen LogP contribution < -0.4 is 5.32 Å². The van der Waals surface area contributed by atoms with Gasteiger partial charge in [0.05, 0.1) is 17.1 Å². The smallest absolute Gasteiger partial charge is 0.255 e. The number of carbonyl (C=O) groups excluding carboxylic acids is 1. The monoisotopic (exact) mass is 309 g/mol. The number of pyridine rings is 1. The molecule has 0 aromatic carbocycles. The van der Waals surface area contributed by atoms with Gasteiger partial charge in [0, 0.05) is 24.7 Å². The van der Waals surface area contributed by atoms with Crippen LogP contribution in [-0.4, -0.2) is 29.4 Å². The molecule has 0 aliphatic carbocycles. The van der Waals surface area contributed by atoms with Crippen LogP contribution in [0.25, 0.3) is 0 Å². The Balaban J connectivity index is 2.17. The Bertz CT molecular complexity index is 586. The molecule has 2 aromatic rings. The van der Waals surface area contributed by atoms with Crippen molar-refractivity contribution < 1.29 is 4.79 Å². The molecule has 0 saturated carbocycles. The second-order valence-corrected chi connectivity index (χ2v) is 5.64. The van der Waals surface area contributed by atoms with Gasteiger partial charge in [0.1, 0.15) is 5.82 Å². The Morgan fingerprint density at radius 3 is 2.90 bits per heavy atom. The van der Waals surface area contributed by atoms with Crippen molar-refractivity contribution in [1.29, 1.82) is 0 Å². The molecule has 0 unspecified atom stereocenters. The fourth-order valence-corrected chi connectivity index (χ4v) is 2.82. The first-order valence-corrected chi connectivity index (χ1v) is 7.56. The van der Waals surface area contributed by atoms with Crippen molar-refractivity contribution >= 4 is 34.7 Å². The highest BCUT2D eigenvalue weighted by Gasteiger charge is 2.16. The third-order valence-electron chi connectivity index (χ3n) is 2.92. The van der Waals surface area contributed by atoms with Gasteiger partial charge in [-0.2, -0.15) is 0 Å². The normalized spacial score (nSPS) is 10.3. The molecule has 0 fully saturated rings. The van der Waals surface area contributed by atoms with Gasteiger partial charge in [-0.15, -0.1) is 11.3 Å². The summed E-state index contributed by atoms with van der Waals surface area (Å²) in [5.74, 6) is 0.516. The summed E-state index contributed by atoms with van der Waals surface area (Å²) >= 11 is 7.71. The van der Waals surface area contributed by atoms with E-state index in [4.69, 9.17) is 11.6 Å². The summed E-state index contributed by atoms with van der Waals surface area (Å²) in [5.41, 5.74) is 0.507. The molecule has 0 aliphatic heterocycles. The number of hydrogen-bond acceptors (Lipinski definition) is 4. The lowest BCUT2D eigenvalue weighted by atomic mass is 10.2. The zero-order valence-corrected chi connectivity index (χ0v) is 13.0. The maximum atomic E-state index is 12.5. The maximum absolute atomic E-state index is 12.5. The lowest BCUT2D eigenvalue weighted by molar-refractivity contribution is 0.0754. The van der Waals surface area contributed by atoms with Crippen LogP contribution in [0.2, 0.25) is 5.02 Å². The molecule has 1 N–H and O–H groups in total. The van der Waals surface area contributed by atoms with Crippen LogP contribution >= 0.6 is 22.9 Å². The summed E-state index contributed by atoms with van der Waals surface area (Å²) in [6.45, 7) is 3.21. The van der Waals surface area contributed by atoms with E-state index in [9.17, 15) is 4.79 Å². The van der Waals surface area contributed by atoms with Crippen molar-refractivity contribution in [3.63, 3.8) is 0 Å². The van der Waals surface area contributed by atoms with E-state index in [2.05, 4.69) is 10.3 Å². The predicted octanol–water partition coefficient (Wildman–Crippen LogP) is 3.50. The van der Waals surface area contributed by atoms with Gasteiger partial charge in [0.15, 0.2) is 0 Å². The first-order valence-electron chi connectivity index (χ1n) is 6.30. The van der Waals surface area contributed by atoms with Gasteiger partial charge >= 0.3 is 0 Å². The van der Waals surface area contributed by atoms with Crippen LogP contribution in [0.15, 0.2) is 29.8 Å². The largest absolute Gasteiger partial charge is 0.372 e. The van der Waals surface area contributed by atoms with Crippen LogP contribution in [0.5, 0.6) is 0 Å². The number of rotatable bonds is 5. The summed E-state index contributed by atoms with van der Waals surface area (Å²) in [5, 5.41) is 5.33. The highest BCUT2D eigenvalue weighted by Crippen LogP contribution is 2.21. The second kappa shape index (κ2) is 6.72. The number of nitrogens with zero attached hydrogens (tertiary/aromatic N) is 2. The van der Waals surface area contributed by atoms with Crippen molar-refractivity contribution in [2.24, 2.45) is 0 Å². The van der Waals surface area contributed by atoms with Gasteiger partial charge in [0.2, 0.25) is 0 Å². The minimum atomic E-state index is -0.0575. The molecule has 0 atom stereocenters. The van der Waals surface area contributed by atoms with E-state index in [1.807, 2.05) is 24.4 Å². The molecular formula is C14H16ClN3OS. The quantitative estimate of drug-likeness (QED) is 0.919. The molecule has 2 rings (SSSR count). The Kier molecular flexibility index (Phi) is 4.98. The van der Waals surface area contributed by atoms with Gasteiger partial charge in [-0.1, -0.05) is 17.7 Å². The van der Waals surface area contributed by atoms with Gasteiger partial charge in [-0.3, -0.25) is 4.79 Å². The third kappa shape index (κ3) is 3.29. The summed E-state index contributed by atoms with van der Waals surface area (Å²) in [7, 11) is 1.74. The number of thiophene rings is 1.